The molecule has 37 heavy (non-hydrogen) atoms. The molecule has 1 atom stereocenters. The lowest BCUT2D eigenvalue weighted by Crippen LogP contribution is -2.60. The predicted molar refractivity (Wildman–Crippen MR) is 146 cm³/mol. The summed E-state index contributed by atoms with van der Waals surface area (Å²) >= 11 is 6.13. The highest BCUT2D eigenvalue weighted by Crippen LogP contribution is 2.24. The third-order valence-corrected chi connectivity index (χ3v) is 7.23. The lowest BCUT2D eigenvalue weighted by molar-refractivity contribution is -0.145. The molecule has 3 aromatic rings. The Balaban J connectivity index is 1.19. The van der Waals surface area contributed by atoms with Crippen LogP contribution < -0.4 is 15.5 Å². The van der Waals surface area contributed by atoms with Gasteiger partial charge in [0.25, 0.3) is 0 Å². The van der Waals surface area contributed by atoms with E-state index in [4.69, 9.17) is 11.6 Å². The van der Waals surface area contributed by atoms with Crippen LogP contribution in [0.15, 0.2) is 66.7 Å². The largest absolute Gasteiger partial charge is 0.369 e. The molecule has 0 saturated carbocycles. The van der Waals surface area contributed by atoms with Crippen molar-refractivity contribution in [3.63, 3.8) is 0 Å². The highest BCUT2D eigenvalue weighted by Gasteiger charge is 2.35. The lowest BCUT2D eigenvalue weighted by Gasteiger charge is -2.39. The van der Waals surface area contributed by atoms with Crippen LogP contribution in [0.5, 0.6) is 0 Å². The van der Waals surface area contributed by atoms with Gasteiger partial charge in [0, 0.05) is 61.1 Å². The van der Waals surface area contributed by atoms with Gasteiger partial charge in [-0.3, -0.25) is 19.3 Å². The molecule has 3 aromatic carbocycles. The first-order valence-corrected chi connectivity index (χ1v) is 12.9. The molecule has 2 aliphatic heterocycles. The molecule has 8 nitrogen and oxygen atoms in total. The van der Waals surface area contributed by atoms with Crippen molar-refractivity contribution in [2.45, 2.75) is 12.5 Å². The fraction of sp³-hybridized carbons (Fsp3) is 0.321. The van der Waals surface area contributed by atoms with Crippen molar-refractivity contribution < 1.29 is 14.4 Å². The molecule has 0 aliphatic carbocycles. The minimum absolute atomic E-state index is 0.0939. The van der Waals surface area contributed by atoms with Crippen LogP contribution in [-0.4, -0.2) is 79.4 Å². The van der Waals surface area contributed by atoms with Crippen LogP contribution >= 0.6 is 11.6 Å². The van der Waals surface area contributed by atoms with Gasteiger partial charge in [-0.1, -0.05) is 54.1 Å². The molecule has 1 unspecified atom stereocenters. The lowest BCUT2D eigenvalue weighted by atomic mass is 10.1. The van der Waals surface area contributed by atoms with Crippen molar-refractivity contribution in [2.24, 2.45) is 0 Å². The Morgan fingerprint density at radius 1 is 0.946 bits per heavy atom. The van der Waals surface area contributed by atoms with Gasteiger partial charge >= 0.3 is 0 Å². The van der Waals surface area contributed by atoms with Gasteiger partial charge in [-0.25, -0.2) is 0 Å². The highest BCUT2D eigenvalue weighted by atomic mass is 35.5. The SMILES string of the molecule is O=C(CC1C(=O)NCCN1C(=O)CN1CCN(c2cccc(Cl)c2)CC1)Nc1cccc2ccccc12. The fourth-order valence-electron chi connectivity index (χ4n) is 5.05. The number of hydrogen-bond donors (Lipinski definition) is 2. The van der Waals surface area contributed by atoms with Crippen molar-refractivity contribution in [2.75, 3.05) is 56.0 Å². The molecule has 2 saturated heterocycles. The van der Waals surface area contributed by atoms with Gasteiger partial charge < -0.3 is 20.4 Å². The number of carbonyl (C=O) groups excluding carboxylic acids is 3. The Morgan fingerprint density at radius 2 is 1.70 bits per heavy atom. The zero-order valence-electron chi connectivity index (χ0n) is 20.5. The van der Waals surface area contributed by atoms with Crippen molar-refractivity contribution in [1.29, 1.82) is 0 Å². The summed E-state index contributed by atoms with van der Waals surface area (Å²) in [5, 5.41) is 8.39. The number of halogens is 1. The summed E-state index contributed by atoms with van der Waals surface area (Å²) < 4.78 is 0. The maximum Gasteiger partial charge on any atom is 0.243 e. The zero-order valence-corrected chi connectivity index (χ0v) is 21.3. The summed E-state index contributed by atoms with van der Waals surface area (Å²) in [5.41, 5.74) is 1.76. The van der Waals surface area contributed by atoms with Gasteiger partial charge in [-0.15, -0.1) is 0 Å². The van der Waals surface area contributed by atoms with Crippen LogP contribution in [0.2, 0.25) is 5.02 Å². The number of carbonyl (C=O) groups is 3. The predicted octanol–water partition coefficient (Wildman–Crippen LogP) is 2.97. The molecule has 0 bridgehead atoms. The van der Waals surface area contributed by atoms with E-state index < -0.39 is 6.04 Å². The molecular weight excluding hydrogens is 490 g/mol. The van der Waals surface area contributed by atoms with Crippen molar-refractivity contribution >= 4 is 51.5 Å². The third-order valence-electron chi connectivity index (χ3n) is 7.00. The average molecular weight is 520 g/mol. The molecule has 0 aromatic heterocycles. The summed E-state index contributed by atoms with van der Waals surface area (Å²) in [6.45, 7) is 4.01. The Bertz CT molecular complexity index is 1300. The van der Waals surface area contributed by atoms with Gasteiger partial charge in [-0.05, 0) is 29.7 Å². The zero-order chi connectivity index (χ0) is 25.8. The van der Waals surface area contributed by atoms with E-state index >= 15 is 0 Å². The number of hydrogen-bond acceptors (Lipinski definition) is 5. The molecule has 9 heteroatoms. The second kappa shape index (κ2) is 11.2. The Kier molecular flexibility index (Phi) is 7.58. The van der Waals surface area contributed by atoms with E-state index in [1.54, 1.807) is 4.90 Å². The van der Waals surface area contributed by atoms with Crippen LogP contribution in [0, 0.1) is 0 Å². The molecule has 2 heterocycles. The molecular formula is C28H30ClN5O3. The van der Waals surface area contributed by atoms with Crippen LogP contribution in [0.3, 0.4) is 0 Å². The normalized spacial score (nSPS) is 18.5. The fourth-order valence-corrected chi connectivity index (χ4v) is 5.23. The molecule has 0 radical (unpaired) electrons. The number of nitrogens with one attached hydrogen (secondary N) is 2. The topological polar surface area (TPSA) is 85.0 Å². The summed E-state index contributed by atoms with van der Waals surface area (Å²) in [4.78, 5) is 44.9. The van der Waals surface area contributed by atoms with E-state index in [0.717, 1.165) is 42.6 Å². The van der Waals surface area contributed by atoms with Crippen LogP contribution in [0.1, 0.15) is 6.42 Å². The first-order valence-electron chi connectivity index (χ1n) is 12.6. The number of rotatable bonds is 6. The van der Waals surface area contributed by atoms with Crippen molar-refractivity contribution in [1.82, 2.24) is 15.1 Å². The number of piperazine rings is 2. The summed E-state index contributed by atoms with van der Waals surface area (Å²) in [7, 11) is 0. The van der Waals surface area contributed by atoms with E-state index in [1.807, 2.05) is 66.7 Å². The highest BCUT2D eigenvalue weighted by molar-refractivity contribution is 6.30. The number of amides is 3. The second-order valence-electron chi connectivity index (χ2n) is 9.42. The third kappa shape index (κ3) is 5.87. The minimum Gasteiger partial charge on any atom is -0.369 e. The molecule has 3 amide bonds. The first kappa shape index (κ1) is 25.0. The molecule has 192 valence electrons. The van der Waals surface area contributed by atoms with E-state index in [-0.39, 0.29) is 30.7 Å². The standard InChI is InChI=1S/C28H30ClN5O3/c29-21-7-4-8-22(17-21)33-15-13-32(14-16-33)19-27(36)34-12-11-30-28(37)25(34)18-26(35)31-24-10-3-6-20-5-1-2-9-23(20)24/h1-10,17,25H,11-16,18-19H2,(H,30,37)(H,31,35). The van der Waals surface area contributed by atoms with Gasteiger partial charge in [-0.2, -0.15) is 0 Å². The van der Waals surface area contributed by atoms with Gasteiger partial charge in [0.15, 0.2) is 0 Å². The number of fused-ring (bicyclic) bond motifs is 1. The molecule has 2 aliphatic rings. The minimum atomic E-state index is -0.830. The number of benzene rings is 3. The monoisotopic (exact) mass is 519 g/mol. The van der Waals surface area contributed by atoms with Crippen LogP contribution in [0.25, 0.3) is 10.8 Å². The Hall–Kier alpha value is -3.62. The van der Waals surface area contributed by atoms with Crippen LogP contribution in [0.4, 0.5) is 11.4 Å². The van der Waals surface area contributed by atoms with Crippen molar-refractivity contribution in [3.05, 3.63) is 71.8 Å². The maximum atomic E-state index is 13.3. The van der Waals surface area contributed by atoms with Gasteiger partial charge in [0.1, 0.15) is 6.04 Å². The van der Waals surface area contributed by atoms with Gasteiger partial charge in [0.05, 0.1) is 13.0 Å². The second-order valence-corrected chi connectivity index (χ2v) is 9.85. The number of anilines is 2. The molecule has 2 N–H and O–H groups in total. The Labute approximate surface area is 221 Å². The van der Waals surface area contributed by atoms with E-state index in [2.05, 4.69) is 20.4 Å². The van der Waals surface area contributed by atoms with Gasteiger partial charge in [0.2, 0.25) is 17.7 Å². The smallest absolute Gasteiger partial charge is 0.243 e. The summed E-state index contributed by atoms with van der Waals surface area (Å²) in [6, 6.07) is 20.4. The molecule has 5 rings (SSSR count). The van der Waals surface area contributed by atoms with E-state index in [9.17, 15) is 14.4 Å². The average Bonchev–Trinajstić information content (AvgIpc) is 2.90. The van der Waals surface area contributed by atoms with E-state index in [1.165, 1.54) is 0 Å². The molecule has 0 spiro atoms. The summed E-state index contributed by atoms with van der Waals surface area (Å²) in [6.07, 6.45) is -0.0939. The first-order chi connectivity index (χ1) is 18.0. The quantitative estimate of drug-likeness (QED) is 0.523. The summed E-state index contributed by atoms with van der Waals surface area (Å²) in [5.74, 6) is -0.723. The van der Waals surface area contributed by atoms with Crippen molar-refractivity contribution in [3.8, 4) is 0 Å². The molecule has 2 fully saturated rings. The van der Waals surface area contributed by atoms with Crippen LogP contribution in [-0.2, 0) is 14.4 Å². The van der Waals surface area contributed by atoms with E-state index in [0.29, 0.717) is 23.8 Å². The Morgan fingerprint density at radius 3 is 2.51 bits per heavy atom. The maximum absolute atomic E-state index is 13.3. The number of nitrogens with zero attached hydrogens (tertiary/aromatic N) is 3.